The van der Waals surface area contributed by atoms with Gasteiger partial charge in [-0.2, -0.15) is 0 Å². The molecule has 0 amide bonds. The quantitative estimate of drug-likeness (QED) is 0.405. The van der Waals surface area contributed by atoms with E-state index in [1.165, 1.54) is 0 Å². The third kappa shape index (κ3) is 1.84. The Labute approximate surface area is 87.3 Å². The van der Waals surface area contributed by atoms with Gasteiger partial charge in [0, 0.05) is 6.07 Å². The van der Waals surface area contributed by atoms with Crippen molar-refractivity contribution in [2.75, 3.05) is 0 Å². The average molecular weight is 235 g/mol. The first kappa shape index (κ1) is 11.3. The van der Waals surface area contributed by atoms with Gasteiger partial charge in [0.05, 0.1) is 5.02 Å². The van der Waals surface area contributed by atoms with Crippen molar-refractivity contribution >= 4 is 23.4 Å². The third-order valence-electron chi connectivity index (χ3n) is 1.59. The Morgan fingerprint density at radius 1 is 1.33 bits per heavy atom. The summed E-state index contributed by atoms with van der Waals surface area (Å²) in [6.45, 7) is 0. The van der Waals surface area contributed by atoms with Gasteiger partial charge in [-0.25, -0.2) is 9.18 Å². The number of Topliss-reactive ketones (excluding diaryl/α,β-unsaturated/α-hetero) is 1. The normalized spacial score (nSPS) is 10.0. The van der Waals surface area contributed by atoms with Crippen LogP contribution in [0.1, 0.15) is 10.4 Å². The zero-order valence-electron chi connectivity index (χ0n) is 6.99. The first-order valence-corrected chi connectivity index (χ1v) is 3.91. The zero-order valence-corrected chi connectivity index (χ0v) is 7.75. The highest BCUT2D eigenvalue weighted by molar-refractivity contribution is 6.41. The van der Waals surface area contributed by atoms with Gasteiger partial charge in [-0.05, 0) is 0 Å². The van der Waals surface area contributed by atoms with E-state index in [1.54, 1.807) is 0 Å². The molecule has 0 fully saturated rings. The molecule has 0 bridgehead atoms. The minimum Gasteiger partial charge on any atom is -0.504 e. The molecule has 0 unspecified atom stereocenters. The number of halogens is 2. The average Bonchev–Trinajstić information content (AvgIpc) is 2.15. The molecule has 0 aliphatic rings. The number of carbonyl (C=O) groups excluding carboxylic acids is 1. The smallest absolute Gasteiger partial charge is 0.377 e. The second kappa shape index (κ2) is 3.74. The third-order valence-corrected chi connectivity index (χ3v) is 1.87. The molecular formula is C8H4ClFO5. The summed E-state index contributed by atoms with van der Waals surface area (Å²) >= 11 is 5.25. The van der Waals surface area contributed by atoms with Crippen molar-refractivity contribution < 1.29 is 29.3 Å². The van der Waals surface area contributed by atoms with Gasteiger partial charge in [0.2, 0.25) is 0 Å². The van der Waals surface area contributed by atoms with Crippen molar-refractivity contribution in [3.8, 4) is 11.5 Å². The lowest BCUT2D eigenvalue weighted by Gasteiger charge is -2.05. The molecule has 0 saturated heterocycles. The molecule has 0 aromatic heterocycles. The van der Waals surface area contributed by atoms with Crippen LogP contribution in [0.15, 0.2) is 6.07 Å². The molecule has 0 saturated carbocycles. The van der Waals surface area contributed by atoms with Crippen LogP contribution < -0.4 is 0 Å². The molecule has 0 aliphatic carbocycles. The summed E-state index contributed by atoms with van der Waals surface area (Å²) in [5, 5.41) is 25.7. The molecule has 0 radical (unpaired) electrons. The van der Waals surface area contributed by atoms with Gasteiger partial charge in [0.25, 0.3) is 5.78 Å². The number of ketones is 1. The fourth-order valence-corrected chi connectivity index (χ4v) is 1.12. The molecular weight excluding hydrogens is 231 g/mol. The predicted molar refractivity (Wildman–Crippen MR) is 46.7 cm³/mol. The first-order valence-electron chi connectivity index (χ1n) is 3.53. The van der Waals surface area contributed by atoms with Crippen molar-refractivity contribution in [2.24, 2.45) is 0 Å². The van der Waals surface area contributed by atoms with Gasteiger partial charge in [-0.1, -0.05) is 11.6 Å². The number of aromatic hydroxyl groups is 2. The Bertz CT molecular complexity index is 431. The second-order valence-corrected chi connectivity index (χ2v) is 2.96. The predicted octanol–water partition coefficient (Wildman–Crippen LogP) is 1.16. The number of carboxylic acid groups (broad SMARTS) is 1. The number of benzene rings is 1. The van der Waals surface area contributed by atoms with Crippen LogP contribution in [0.5, 0.6) is 11.5 Å². The van der Waals surface area contributed by atoms with Crippen LogP contribution in [-0.4, -0.2) is 27.1 Å². The summed E-state index contributed by atoms with van der Waals surface area (Å²) < 4.78 is 13.2. The van der Waals surface area contributed by atoms with Crippen LogP contribution in [0.4, 0.5) is 4.39 Å². The van der Waals surface area contributed by atoms with Gasteiger partial charge in [0.15, 0.2) is 17.3 Å². The Balaban J connectivity index is 3.53. The number of phenols is 2. The number of carboxylic acids is 1. The molecule has 3 N–H and O–H groups in total. The highest BCUT2D eigenvalue weighted by Gasteiger charge is 2.27. The largest absolute Gasteiger partial charge is 0.504 e. The first-order chi connectivity index (χ1) is 6.86. The van der Waals surface area contributed by atoms with E-state index >= 15 is 0 Å². The maximum atomic E-state index is 13.2. The number of carbonyl (C=O) groups is 2. The second-order valence-electron chi connectivity index (χ2n) is 2.55. The summed E-state index contributed by atoms with van der Waals surface area (Å²) in [5.41, 5.74) is -1.16. The van der Waals surface area contributed by atoms with Crippen LogP contribution >= 0.6 is 11.6 Å². The number of rotatable bonds is 2. The molecule has 0 aliphatic heterocycles. The van der Waals surface area contributed by atoms with E-state index in [9.17, 15) is 14.0 Å². The Morgan fingerprint density at radius 2 is 1.87 bits per heavy atom. The molecule has 80 valence electrons. The summed E-state index contributed by atoms with van der Waals surface area (Å²) in [7, 11) is 0. The van der Waals surface area contributed by atoms with Gasteiger partial charge in [0.1, 0.15) is 5.56 Å². The molecule has 0 spiro atoms. The fraction of sp³-hybridized carbons (Fsp3) is 0. The number of aliphatic carboxylic acids is 1. The molecule has 7 heteroatoms. The van der Waals surface area contributed by atoms with Crippen LogP contribution in [0, 0.1) is 5.82 Å². The van der Waals surface area contributed by atoms with E-state index in [-0.39, 0.29) is 0 Å². The maximum absolute atomic E-state index is 13.2. The Morgan fingerprint density at radius 3 is 2.33 bits per heavy atom. The highest BCUT2D eigenvalue weighted by atomic mass is 35.5. The van der Waals surface area contributed by atoms with Crippen LogP contribution in [0.2, 0.25) is 5.02 Å². The van der Waals surface area contributed by atoms with Crippen LogP contribution in [0.25, 0.3) is 0 Å². The highest BCUT2D eigenvalue weighted by Crippen LogP contribution is 2.35. The Hall–Kier alpha value is -1.82. The monoisotopic (exact) mass is 234 g/mol. The zero-order chi connectivity index (χ0) is 11.7. The summed E-state index contributed by atoms with van der Waals surface area (Å²) in [4.78, 5) is 21.2. The maximum Gasteiger partial charge on any atom is 0.377 e. The molecule has 0 atom stereocenters. The number of hydrogen-bond acceptors (Lipinski definition) is 4. The molecule has 5 nitrogen and oxygen atoms in total. The van der Waals surface area contributed by atoms with Gasteiger partial charge >= 0.3 is 5.97 Å². The van der Waals surface area contributed by atoms with E-state index in [0.29, 0.717) is 6.07 Å². The summed E-state index contributed by atoms with van der Waals surface area (Å²) in [5.74, 6) is -7.07. The standard InChI is InChI=1S/C8H4ClFO5/c9-2-1-3(11)6(12)4(5(2)10)7(13)8(14)15/h1,11-12H,(H,14,15). The molecule has 15 heavy (non-hydrogen) atoms. The van der Waals surface area contributed by atoms with Gasteiger partial charge < -0.3 is 15.3 Å². The van der Waals surface area contributed by atoms with Gasteiger partial charge in [-0.15, -0.1) is 0 Å². The van der Waals surface area contributed by atoms with E-state index in [0.717, 1.165) is 0 Å². The van der Waals surface area contributed by atoms with Crippen LogP contribution in [-0.2, 0) is 4.79 Å². The van der Waals surface area contributed by atoms with Crippen LogP contribution in [0.3, 0.4) is 0 Å². The molecule has 1 aromatic carbocycles. The molecule has 0 heterocycles. The minimum absolute atomic E-state index is 0.657. The van der Waals surface area contributed by atoms with Crippen molar-refractivity contribution in [2.45, 2.75) is 0 Å². The van der Waals surface area contributed by atoms with E-state index in [2.05, 4.69) is 0 Å². The number of hydrogen-bond donors (Lipinski definition) is 3. The van der Waals surface area contributed by atoms with Crippen molar-refractivity contribution in [1.82, 2.24) is 0 Å². The minimum atomic E-state index is -1.97. The van der Waals surface area contributed by atoms with E-state index in [4.69, 9.17) is 26.9 Å². The van der Waals surface area contributed by atoms with Crippen molar-refractivity contribution in [3.05, 3.63) is 22.5 Å². The lowest BCUT2D eigenvalue weighted by molar-refractivity contribution is -0.131. The molecule has 1 rings (SSSR count). The van der Waals surface area contributed by atoms with Gasteiger partial charge in [-0.3, -0.25) is 4.79 Å². The Kier molecular flexibility index (Phi) is 2.81. The van der Waals surface area contributed by atoms with E-state index in [1.807, 2.05) is 0 Å². The number of phenolic OH excluding ortho intramolecular Hbond substituents is 2. The lowest BCUT2D eigenvalue weighted by atomic mass is 10.1. The molecule has 1 aromatic rings. The summed E-state index contributed by atoms with van der Waals surface area (Å²) in [6, 6.07) is 0.658. The fourth-order valence-electron chi connectivity index (χ4n) is 0.917. The summed E-state index contributed by atoms with van der Waals surface area (Å²) in [6.07, 6.45) is 0. The van der Waals surface area contributed by atoms with Crippen molar-refractivity contribution in [1.29, 1.82) is 0 Å². The van der Waals surface area contributed by atoms with Crippen molar-refractivity contribution in [3.63, 3.8) is 0 Å². The van der Waals surface area contributed by atoms with E-state index < -0.39 is 39.7 Å². The lowest BCUT2D eigenvalue weighted by Crippen LogP contribution is -2.15. The SMILES string of the molecule is O=C(O)C(=O)c1c(O)c(O)cc(Cl)c1F. The topological polar surface area (TPSA) is 94.8 Å².